The number of nitrogens with two attached hydrogens (primary N) is 1. The Balaban J connectivity index is 2.79. The third-order valence-electron chi connectivity index (χ3n) is 2.57. The van der Waals surface area contributed by atoms with Crippen LogP contribution in [0.5, 0.6) is 0 Å². The normalized spacial score (nSPS) is 13.4. The van der Waals surface area contributed by atoms with Crippen LogP contribution in [0.25, 0.3) is 0 Å². The zero-order valence-electron chi connectivity index (χ0n) is 10.7. The van der Waals surface area contributed by atoms with Gasteiger partial charge in [-0.05, 0) is 30.2 Å². The van der Waals surface area contributed by atoms with Crippen molar-refractivity contribution in [2.24, 2.45) is 11.7 Å². The number of anilines is 1. The van der Waals surface area contributed by atoms with Gasteiger partial charge >= 0.3 is 0 Å². The second-order valence-corrected chi connectivity index (χ2v) is 6.57. The first-order chi connectivity index (χ1) is 8.21. The van der Waals surface area contributed by atoms with E-state index in [0.29, 0.717) is 5.69 Å². The van der Waals surface area contributed by atoms with Crippen molar-refractivity contribution in [3.05, 3.63) is 24.3 Å². The van der Waals surface area contributed by atoms with Crippen molar-refractivity contribution in [2.45, 2.75) is 24.8 Å². The van der Waals surface area contributed by atoms with Gasteiger partial charge in [0, 0.05) is 11.9 Å². The maximum atomic E-state index is 11.7. The topological polar surface area (TPSA) is 89.3 Å². The molecule has 5 nitrogen and oxygen atoms in total. The minimum Gasteiger partial charge on any atom is -0.325 e. The van der Waals surface area contributed by atoms with E-state index in [9.17, 15) is 13.2 Å². The molecule has 0 bridgehead atoms. The van der Waals surface area contributed by atoms with E-state index in [0.717, 1.165) is 6.26 Å². The van der Waals surface area contributed by atoms with Gasteiger partial charge in [0.05, 0.1) is 10.9 Å². The first-order valence-corrected chi connectivity index (χ1v) is 7.47. The number of rotatable bonds is 4. The number of carbonyl (C=O) groups is 1. The van der Waals surface area contributed by atoms with E-state index in [1.165, 1.54) is 12.1 Å². The van der Waals surface area contributed by atoms with E-state index in [4.69, 9.17) is 5.73 Å². The molecule has 1 amide bonds. The van der Waals surface area contributed by atoms with E-state index in [-0.39, 0.29) is 16.7 Å². The van der Waals surface area contributed by atoms with Crippen molar-refractivity contribution >= 4 is 21.4 Å². The highest BCUT2D eigenvalue weighted by atomic mass is 32.2. The standard InChI is InChI=1S/C12H18N2O3S/c1-8(2)11(13)12(15)14-9-4-6-10(7-5-9)18(3,16)17/h4-8,11H,13H2,1-3H3,(H,14,15)/t11-/m0/s1. The lowest BCUT2D eigenvalue weighted by Gasteiger charge is -2.15. The molecule has 0 aliphatic carbocycles. The number of hydrogen-bond acceptors (Lipinski definition) is 4. The fourth-order valence-electron chi connectivity index (χ4n) is 1.31. The van der Waals surface area contributed by atoms with Crippen molar-refractivity contribution in [3.63, 3.8) is 0 Å². The predicted molar refractivity (Wildman–Crippen MR) is 71.0 cm³/mol. The second kappa shape index (κ2) is 5.49. The van der Waals surface area contributed by atoms with Crippen LogP contribution in [0, 0.1) is 5.92 Å². The Morgan fingerprint density at radius 1 is 1.22 bits per heavy atom. The molecular weight excluding hydrogens is 252 g/mol. The molecule has 18 heavy (non-hydrogen) atoms. The lowest BCUT2D eigenvalue weighted by atomic mass is 10.1. The highest BCUT2D eigenvalue weighted by Gasteiger charge is 2.17. The van der Waals surface area contributed by atoms with Crippen LogP contribution in [0.2, 0.25) is 0 Å². The molecule has 3 N–H and O–H groups in total. The first kappa shape index (κ1) is 14.7. The van der Waals surface area contributed by atoms with Gasteiger partial charge in [0.15, 0.2) is 9.84 Å². The van der Waals surface area contributed by atoms with Gasteiger partial charge in [-0.3, -0.25) is 4.79 Å². The smallest absolute Gasteiger partial charge is 0.241 e. The molecule has 6 heteroatoms. The van der Waals surface area contributed by atoms with Gasteiger partial charge < -0.3 is 11.1 Å². The fraction of sp³-hybridized carbons (Fsp3) is 0.417. The summed E-state index contributed by atoms with van der Waals surface area (Å²) in [7, 11) is -3.22. The molecule has 0 saturated heterocycles. The van der Waals surface area contributed by atoms with Gasteiger partial charge in [-0.15, -0.1) is 0 Å². The molecule has 0 fully saturated rings. The summed E-state index contributed by atoms with van der Waals surface area (Å²) in [6.45, 7) is 3.72. The molecule has 0 radical (unpaired) electrons. The summed E-state index contributed by atoms with van der Waals surface area (Å²) in [6.07, 6.45) is 1.13. The molecular formula is C12H18N2O3S. The van der Waals surface area contributed by atoms with E-state index >= 15 is 0 Å². The summed E-state index contributed by atoms with van der Waals surface area (Å²) in [6, 6.07) is 5.40. The monoisotopic (exact) mass is 270 g/mol. The highest BCUT2D eigenvalue weighted by molar-refractivity contribution is 7.90. The van der Waals surface area contributed by atoms with Crippen molar-refractivity contribution in [3.8, 4) is 0 Å². The Kier molecular flexibility index (Phi) is 4.48. The largest absolute Gasteiger partial charge is 0.325 e. The summed E-state index contributed by atoms with van der Waals surface area (Å²) < 4.78 is 22.5. The molecule has 1 aromatic rings. The lowest BCUT2D eigenvalue weighted by molar-refractivity contribution is -0.118. The Morgan fingerprint density at radius 2 is 1.72 bits per heavy atom. The first-order valence-electron chi connectivity index (χ1n) is 5.58. The second-order valence-electron chi connectivity index (χ2n) is 4.56. The average molecular weight is 270 g/mol. The molecule has 0 spiro atoms. The van der Waals surface area contributed by atoms with Gasteiger partial charge in [0.1, 0.15) is 0 Å². The summed E-state index contributed by atoms with van der Waals surface area (Å²) >= 11 is 0. The van der Waals surface area contributed by atoms with Gasteiger partial charge in [-0.25, -0.2) is 8.42 Å². The number of amides is 1. The zero-order chi connectivity index (χ0) is 13.9. The molecule has 0 aliphatic rings. The molecule has 0 aromatic heterocycles. The van der Waals surface area contributed by atoms with E-state index in [2.05, 4.69) is 5.32 Å². The highest BCUT2D eigenvalue weighted by Crippen LogP contribution is 2.14. The quantitative estimate of drug-likeness (QED) is 0.854. The maximum Gasteiger partial charge on any atom is 0.241 e. The van der Waals surface area contributed by atoms with Crippen molar-refractivity contribution in [2.75, 3.05) is 11.6 Å². The van der Waals surface area contributed by atoms with E-state index in [1.54, 1.807) is 12.1 Å². The Labute approximate surface area is 107 Å². The fourth-order valence-corrected chi connectivity index (χ4v) is 1.94. The molecule has 100 valence electrons. The van der Waals surface area contributed by atoms with Gasteiger partial charge in [-0.1, -0.05) is 13.8 Å². The van der Waals surface area contributed by atoms with Crippen molar-refractivity contribution < 1.29 is 13.2 Å². The molecule has 0 saturated carbocycles. The van der Waals surface area contributed by atoms with Crippen LogP contribution in [-0.4, -0.2) is 26.6 Å². The van der Waals surface area contributed by atoms with Gasteiger partial charge in [0.2, 0.25) is 5.91 Å². The van der Waals surface area contributed by atoms with Gasteiger partial charge in [-0.2, -0.15) is 0 Å². The summed E-state index contributed by atoms with van der Waals surface area (Å²) in [4.78, 5) is 11.9. The van der Waals surface area contributed by atoms with E-state index in [1.807, 2.05) is 13.8 Å². The van der Waals surface area contributed by atoms with Crippen LogP contribution < -0.4 is 11.1 Å². The molecule has 0 heterocycles. The van der Waals surface area contributed by atoms with Crippen LogP contribution in [0.3, 0.4) is 0 Å². The van der Waals surface area contributed by atoms with E-state index < -0.39 is 15.9 Å². The Bertz CT molecular complexity index is 521. The SMILES string of the molecule is CC(C)[C@H](N)C(=O)Nc1ccc(S(C)(=O)=O)cc1. The number of hydrogen-bond donors (Lipinski definition) is 2. The minimum absolute atomic E-state index is 0.0419. The number of nitrogens with one attached hydrogen (secondary N) is 1. The summed E-state index contributed by atoms with van der Waals surface area (Å²) in [5.41, 5.74) is 6.23. The molecule has 0 unspecified atom stereocenters. The zero-order valence-corrected chi connectivity index (χ0v) is 11.5. The van der Waals surface area contributed by atoms with Crippen molar-refractivity contribution in [1.82, 2.24) is 0 Å². The third-order valence-corrected chi connectivity index (χ3v) is 3.70. The van der Waals surface area contributed by atoms with Crippen LogP contribution in [0.4, 0.5) is 5.69 Å². The lowest BCUT2D eigenvalue weighted by Crippen LogP contribution is -2.39. The van der Waals surface area contributed by atoms with Crippen LogP contribution in [0.1, 0.15) is 13.8 Å². The van der Waals surface area contributed by atoms with Gasteiger partial charge in [0.25, 0.3) is 0 Å². The molecule has 1 atom stereocenters. The van der Waals surface area contributed by atoms with Crippen LogP contribution >= 0.6 is 0 Å². The number of carbonyl (C=O) groups excluding carboxylic acids is 1. The molecule has 1 rings (SSSR count). The summed E-state index contributed by atoms with van der Waals surface area (Å²) in [5.74, 6) is -0.239. The van der Waals surface area contributed by atoms with Crippen molar-refractivity contribution in [1.29, 1.82) is 0 Å². The predicted octanol–water partition coefficient (Wildman–Crippen LogP) is 1.01. The van der Waals surface area contributed by atoms with Crippen LogP contribution in [-0.2, 0) is 14.6 Å². The average Bonchev–Trinajstić information content (AvgIpc) is 2.27. The number of sulfone groups is 1. The van der Waals surface area contributed by atoms with Crippen LogP contribution in [0.15, 0.2) is 29.2 Å². The summed E-state index contributed by atoms with van der Waals surface area (Å²) in [5, 5.41) is 2.64. The number of benzene rings is 1. The molecule has 0 aliphatic heterocycles. The maximum absolute atomic E-state index is 11.7. The Morgan fingerprint density at radius 3 is 2.11 bits per heavy atom. The third kappa shape index (κ3) is 3.82. The molecule has 1 aromatic carbocycles. The minimum atomic E-state index is -3.22. The Hall–Kier alpha value is -1.40.